The van der Waals surface area contributed by atoms with Gasteiger partial charge in [-0.1, -0.05) is 40.2 Å². The molecule has 10 nitrogen and oxygen atoms in total. The summed E-state index contributed by atoms with van der Waals surface area (Å²) in [5.41, 5.74) is 2.81. The van der Waals surface area contributed by atoms with Gasteiger partial charge in [-0.15, -0.1) is 0 Å². The van der Waals surface area contributed by atoms with Gasteiger partial charge in [-0.3, -0.25) is 9.59 Å². The van der Waals surface area contributed by atoms with Crippen molar-refractivity contribution < 1.29 is 61.0 Å². The third-order valence-corrected chi connectivity index (χ3v) is 17.2. The SMILES string of the molecule is BrCC1CC1.CN1CC[C@@]23c4c5ccc(CO)c4O[C@@H]2C(=O)CC[C@]3(O)C1C5.C[N@@+]1(CC2CC2)CC[C@@]23c4c5ccc(CO)c4O[C@@H]2C(=O)CC[C@]3(O)C1C5.[Br-]. The number of rotatable bonds is 5. The van der Waals surface area contributed by atoms with Crippen LogP contribution in [0.25, 0.3) is 0 Å². The zero-order chi connectivity index (χ0) is 38.3. The lowest BCUT2D eigenvalue weighted by molar-refractivity contribution is -0.950. The van der Waals surface area contributed by atoms with E-state index in [4.69, 9.17) is 9.47 Å². The molecule has 2 aromatic carbocycles. The molecule has 2 unspecified atom stereocenters. The van der Waals surface area contributed by atoms with E-state index in [1.807, 2.05) is 18.2 Å². The number of Topliss-reactive ketones (excluding diaryl/α,β-unsaturated/α-hetero) is 2. The molecule has 4 bridgehead atoms. The Labute approximate surface area is 348 Å². The summed E-state index contributed by atoms with van der Waals surface area (Å²) in [5.74, 6) is 3.39. The smallest absolute Gasteiger partial charge is 0.174 e. The lowest BCUT2D eigenvalue weighted by atomic mass is 9.48. The van der Waals surface area contributed by atoms with Gasteiger partial charge in [0.2, 0.25) is 0 Å². The number of ether oxygens (including phenoxy) is 2. The van der Waals surface area contributed by atoms with Gasteiger partial charge >= 0.3 is 0 Å². The van der Waals surface area contributed by atoms with Crippen molar-refractivity contribution in [3.05, 3.63) is 57.6 Å². The molecule has 4 saturated carbocycles. The molecule has 0 aromatic heterocycles. The maximum Gasteiger partial charge on any atom is 0.174 e. The Morgan fingerprint density at radius 1 is 0.786 bits per heavy atom. The van der Waals surface area contributed by atoms with Crippen molar-refractivity contribution in [1.29, 1.82) is 0 Å². The van der Waals surface area contributed by atoms with E-state index in [0.29, 0.717) is 37.2 Å². The Morgan fingerprint density at radius 2 is 1.32 bits per heavy atom. The number of nitrogens with zero attached hydrogens (tertiary/aromatic N) is 2. The highest BCUT2D eigenvalue weighted by molar-refractivity contribution is 9.09. The predicted molar refractivity (Wildman–Crippen MR) is 207 cm³/mol. The number of aliphatic hydroxyl groups is 4. The number of ketones is 2. The quantitative estimate of drug-likeness (QED) is 0.254. The number of quaternary nitrogens is 1. The number of likely N-dealkylation sites (tertiary alicyclic amines) is 2. The van der Waals surface area contributed by atoms with Gasteiger partial charge in [-0.05, 0) is 82.0 Å². The summed E-state index contributed by atoms with van der Waals surface area (Å²) in [7, 11) is 4.38. The summed E-state index contributed by atoms with van der Waals surface area (Å²) in [6.07, 6.45) is 9.28. The standard InChI is InChI=1S/C22H28NO4.C18H21NO4.C4H7Br.BrH/c1-23(11-13-2-3-13)9-8-21-18-14-4-5-15(12-24)19(18)27-20(21)16(25)6-7-22(21,26)17(23)10-14;1-19-7-6-17-14-10-2-3-11(9-20)15(14)23-16(17)12(21)4-5-18(17,22)13(19)8-10;5-3-4-1-2-4;/h4-5,13,17,20,24,26H,2-3,6-12H2,1H3;2-3,13,16,20,22H,4-9H2,1H3;4H,1-3H2;1H/q+1;;;/p-1/t17?,20-,21-,22+,23+;13?,16-,17-,18+;;/m11../s1. The highest BCUT2D eigenvalue weighted by atomic mass is 79.9. The largest absolute Gasteiger partial charge is 1.00 e. The summed E-state index contributed by atoms with van der Waals surface area (Å²) in [6, 6.07) is 8.13. The number of halogens is 2. The minimum Gasteiger partial charge on any atom is -1.00 e. The fourth-order valence-corrected chi connectivity index (χ4v) is 13.8. The average molecular weight is 901 g/mol. The highest BCUT2D eigenvalue weighted by Crippen LogP contribution is 2.66. The summed E-state index contributed by atoms with van der Waals surface area (Å²) < 4.78 is 13.3. The van der Waals surface area contributed by atoms with Crippen LogP contribution in [-0.4, -0.2) is 116 Å². The Morgan fingerprint density at radius 3 is 1.84 bits per heavy atom. The average Bonchev–Trinajstić information content (AvgIpc) is 4.11. The van der Waals surface area contributed by atoms with E-state index in [1.54, 1.807) is 0 Å². The van der Waals surface area contributed by atoms with Gasteiger partial charge in [0, 0.05) is 65.2 Å². The number of hydrogen-bond acceptors (Lipinski definition) is 9. The molecule has 4 N–H and O–H groups in total. The molecule has 2 saturated heterocycles. The Balaban J connectivity index is 0.000000129. The second kappa shape index (κ2) is 13.6. The predicted octanol–water partition coefficient (Wildman–Crippen LogP) is 0.784. The van der Waals surface area contributed by atoms with Crippen LogP contribution in [0, 0.1) is 11.8 Å². The molecule has 4 aliphatic heterocycles. The van der Waals surface area contributed by atoms with Crippen LogP contribution in [0.2, 0.25) is 0 Å². The van der Waals surface area contributed by atoms with Gasteiger partial charge in [-0.25, -0.2) is 0 Å². The third-order valence-electron chi connectivity index (χ3n) is 16.3. The van der Waals surface area contributed by atoms with Gasteiger partial charge in [-0.2, -0.15) is 0 Å². The van der Waals surface area contributed by atoms with Crippen LogP contribution in [0.15, 0.2) is 24.3 Å². The molecule has 304 valence electrons. The van der Waals surface area contributed by atoms with Crippen LogP contribution in [0.1, 0.15) is 97.6 Å². The first-order chi connectivity index (χ1) is 26.4. The zero-order valence-electron chi connectivity index (χ0n) is 32.6. The minimum atomic E-state index is -0.926. The maximum absolute atomic E-state index is 12.9. The second-order valence-corrected chi connectivity index (χ2v) is 19.7. The molecule has 2 spiro atoms. The molecule has 12 heteroatoms. The number of carbonyl (C=O) groups is 2. The lowest BCUT2D eigenvalue weighted by Gasteiger charge is -2.64. The Kier molecular flexibility index (Phi) is 9.58. The van der Waals surface area contributed by atoms with Crippen LogP contribution in [0.5, 0.6) is 11.5 Å². The molecule has 10 aliphatic rings. The van der Waals surface area contributed by atoms with Crippen molar-refractivity contribution in [2.45, 2.75) is 137 Å². The van der Waals surface area contributed by atoms with Crippen molar-refractivity contribution in [1.82, 2.24) is 4.90 Å². The van der Waals surface area contributed by atoms with Crippen molar-refractivity contribution in [2.24, 2.45) is 11.8 Å². The van der Waals surface area contributed by atoms with Crippen LogP contribution >= 0.6 is 15.9 Å². The van der Waals surface area contributed by atoms with Crippen LogP contribution in [-0.2, 0) is 46.5 Å². The maximum atomic E-state index is 12.9. The summed E-state index contributed by atoms with van der Waals surface area (Å²) in [4.78, 5) is 27.8. The number of alkyl halides is 1. The fourth-order valence-electron chi connectivity index (χ4n) is 13.1. The lowest BCUT2D eigenvalue weighted by Crippen LogP contribution is -3.00. The highest BCUT2D eigenvalue weighted by Gasteiger charge is 2.77. The van der Waals surface area contributed by atoms with Crippen molar-refractivity contribution in [3.63, 3.8) is 0 Å². The van der Waals surface area contributed by atoms with E-state index in [0.717, 1.165) is 89.5 Å². The normalized spacial score (nSPS) is 40.1. The van der Waals surface area contributed by atoms with E-state index in [1.165, 1.54) is 36.6 Å². The molecule has 6 aliphatic carbocycles. The number of carbonyl (C=O) groups excluding carboxylic acids is 2. The van der Waals surface area contributed by atoms with Crippen molar-refractivity contribution in [2.75, 3.05) is 39.1 Å². The first kappa shape index (κ1) is 39.6. The molecular weight excluding hydrogens is 844 g/mol. The van der Waals surface area contributed by atoms with Gasteiger partial charge < -0.3 is 56.3 Å². The summed E-state index contributed by atoms with van der Waals surface area (Å²) in [5, 5.41) is 44.7. The van der Waals surface area contributed by atoms with E-state index in [9.17, 15) is 30.0 Å². The van der Waals surface area contributed by atoms with Crippen LogP contribution in [0.4, 0.5) is 0 Å². The number of piperidine rings is 2. The molecule has 4 heterocycles. The second-order valence-electron chi connectivity index (χ2n) is 19.1. The number of aliphatic hydroxyl groups excluding tert-OH is 2. The fraction of sp³-hybridized carbons (Fsp3) is 0.682. The first-order valence-corrected chi connectivity index (χ1v) is 22.0. The third kappa shape index (κ3) is 5.18. The number of benzene rings is 2. The monoisotopic (exact) mass is 898 g/mol. The van der Waals surface area contributed by atoms with Gasteiger partial charge in [0.1, 0.15) is 23.1 Å². The number of likely N-dealkylation sites (N-methyl/N-ethyl adjacent to an activating group) is 2. The molecule has 2 aromatic rings. The van der Waals surface area contributed by atoms with Crippen LogP contribution < -0.4 is 26.5 Å². The Hall–Kier alpha value is -1.90. The topological polar surface area (TPSA) is 137 Å². The summed E-state index contributed by atoms with van der Waals surface area (Å²) >= 11 is 3.38. The molecule has 0 radical (unpaired) electrons. The molecular formula is C44H56Br2N2O8. The van der Waals surface area contributed by atoms with Crippen LogP contribution in [0.3, 0.4) is 0 Å². The molecule has 6 fully saturated rings. The van der Waals surface area contributed by atoms with Gasteiger partial charge in [0.15, 0.2) is 23.8 Å². The van der Waals surface area contributed by atoms with Gasteiger partial charge in [0.05, 0.1) is 49.8 Å². The van der Waals surface area contributed by atoms with Crippen molar-refractivity contribution in [3.8, 4) is 11.5 Å². The minimum absolute atomic E-state index is 0. The summed E-state index contributed by atoms with van der Waals surface area (Å²) in [6.45, 7) is 2.76. The molecule has 9 atom stereocenters. The van der Waals surface area contributed by atoms with E-state index < -0.39 is 34.2 Å². The van der Waals surface area contributed by atoms with E-state index in [2.05, 4.69) is 41.0 Å². The van der Waals surface area contributed by atoms with Gasteiger partial charge in [0.25, 0.3) is 0 Å². The number of hydrogen-bond donors (Lipinski definition) is 4. The van der Waals surface area contributed by atoms with Crippen molar-refractivity contribution >= 4 is 27.5 Å². The van der Waals surface area contributed by atoms with E-state index in [-0.39, 0.29) is 53.8 Å². The van der Waals surface area contributed by atoms with E-state index >= 15 is 0 Å². The Bertz CT molecular complexity index is 1970. The zero-order valence-corrected chi connectivity index (χ0v) is 35.7. The first-order valence-electron chi connectivity index (χ1n) is 20.8. The molecule has 56 heavy (non-hydrogen) atoms. The molecule has 0 amide bonds. The molecule has 12 rings (SSSR count).